The first kappa shape index (κ1) is 23.5. The molecule has 2 rings (SSSR count). The van der Waals surface area contributed by atoms with Crippen LogP contribution in [0.5, 0.6) is 0 Å². The maximum Gasteiger partial charge on any atom is 0.116 e. The number of aliphatic hydroxyl groups excluding tert-OH is 1. The van der Waals surface area contributed by atoms with Gasteiger partial charge in [0.25, 0.3) is 0 Å². The Morgan fingerprint density at radius 1 is 1.10 bits per heavy atom. The van der Waals surface area contributed by atoms with Crippen LogP contribution in [0.25, 0.3) is 6.08 Å². The second-order valence-electron chi connectivity index (χ2n) is 9.03. The van der Waals surface area contributed by atoms with Gasteiger partial charge in [0.2, 0.25) is 0 Å². The van der Waals surface area contributed by atoms with E-state index >= 15 is 0 Å². The molecule has 2 aromatic rings. The van der Waals surface area contributed by atoms with Gasteiger partial charge < -0.3 is 5.11 Å². The summed E-state index contributed by atoms with van der Waals surface area (Å²) in [7, 11) is 0. The lowest BCUT2D eigenvalue weighted by atomic mass is 9.74. The van der Waals surface area contributed by atoms with Gasteiger partial charge in [-0.2, -0.15) is 4.91 Å². The summed E-state index contributed by atoms with van der Waals surface area (Å²) in [4.78, 5) is 13.2. The Kier molecular flexibility index (Phi) is 7.58. The van der Waals surface area contributed by atoms with E-state index in [9.17, 15) is 10.0 Å². The van der Waals surface area contributed by atoms with Crippen molar-refractivity contribution in [2.45, 2.75) is 79.4 Å². The van der Waals surface area contributed by atoms with Crippen molar-refractivity contribution in [1.82, 2.24) is 0 Å². The van der Waals surface area contributed by atoms with Crippen molar-refractivity contribution in [3.63, 3.8) is 0 Å². The molecular weight excluding hydrogens is 378 g/mol. The van der Waals surface area contributed by atoms with Crippen LogP contribution in [0.3, 0.4) is 0 Å². The third-order valence-corrected chi connectivity index (χ3v) is 7.50. The SMILES string of the molecule is CCC(CC)(c1ccc(/C=C/C(O)C(C)(C)C)c(C)c1)c1cc(C)c(CN=O)s1. The van der Waals surface area contributed by atoms with E-state index < -0.39 is 6.10 Å². The summed E-state index contributed by atoms with van der Waals surface area (Å²) in [5, 5.41) is 13.4. The van der Waals surface area contributed by atoms with Gasteiger partial charge in [-0.15, -0.1) is 11.3 Å². The molecule has 3 nitrogen and oxygen atoms in total. The molecular formula is C25H35NO2S. The van der Waals surface area contributed by atoms with Crippen molar-refractivity contribution in [2.24, 2.45) is 10.6 Å². The van der Waals surface area contributed by atoms with E-state index in [1.54, 1.807) is 11.3 Å². The van der Waals surface area contributed by atoms with Gasteiger partial charge in [-0.1, -0.05) is 70.1 Å². The fraction of sp³-hybridized carbons (Fsp3) is 0.520. The summed E-state index contributed by atoms with van der Waals surface area (Å²) >= 11 is 1.72. The average Bonchev–Trinajstić information content (AvgIpc) is 3.02. The molecule has 0 spiro atoms. The number of thiophene rings is 1. The van der Waals surface area contributed by atoms with Crippen LogP contribution in [0.1, 0.15) is 79.5 Å². The number of nitroso groups, excluding NO2 is 1. The summed E-state index contributed by atoms with van der Waals surface area (Å²) in [5.74, 6) is 0. The summed E-state index contributed by atoms with van der Waals surface area (Å²) < 4.78 is 0. The fourth-order valence-electron chi connectivity index (χ4n) is 3.76. The lowest BCUT2D eigenvalue weighted by Gasteiger charge is -2.32. The van der Waals surface area contributed by atoms with Crippen LogP contribution in [0.15, 0.2) is 35.5 Å². The van der Waals surface area contributed by atoms with Crippen molar-refractivity contribution in [3.8, 4) is 0 Å². The average molecular weight is 414 g/mol. The van der Waals surface area contributed by atoms with Crippen LogP contribution in [0, 0.1) is 24.2 Å². The molecule has 1 aromatic heterocycles. The molecule has 0 saturated carbocycles. The van der Waals surface area contributed by atoms with Crippen LogP contribution in [0.4, 0.5) is 0 Å². The molecule has 158 valence electrons. The van der Waals surface area contributed by atoms with E-state index in [4.69, 9.17) is 0 Å². The van der Waals surface area contributed by atoms with Crippen LogP contribution in [-0.4, -0.2) is 11.2 Å². The zero-order valence-corrected chi connectivity index (χ0v) is 19.7. The van der Waals surface area contributed by atoms with Crippen molar-refractivity contribution in [2.75, 3.05) is 0 Å². The van der Waals surface area contributed by atoms with Crippen molar-refractivity contribution in [1.29, 1.82) is 0 Å². The predicted octanol–water partition coefficient (Wildman–Crippen LogP) is 7.16. The molecule has 0 bridgehead atoms. The number of nitrogens with zero attached hydrogens (tertiary/aromatic N) is 1. The Hall–Kier alpha value is -1.78. The summed E-state index contributed by atoms with van der Waals surface area (Å²) in [5.41, 5.74) is 4.56. The van der Waals surface area contributed by atoms with Gasteiger partial charge in [-0.3, -0.25) is 0 Å². The zero-order chi connectivity index (χ0) is 21.8. The Labute approximate surface area is 179 Å². The number of hydrogen-bond acceptors (Lipinski definition) is 4. The highest BCUT2D eigenvalue weighted by Crippen LogP contribution is 2.44. The smallest absolute Gasteiger partial charge is 0.116 e. The van der Waals surface area contributed by atoms with Crippen LogP contribution >= 0.6 is 11.3 Å². The standard InChI is InChI=1S/C25H35NO2S/c1-8-25(9-2,23-15-18(4)21(29-23)16-26-28)20-12-10-19(17(3)14-20)11-13-22(27)24(5,6)7/h10-15,22,27H,8-9,16H2,1-7H3/b13-11+. The largest absolute Gasteiger partial charge is 0.388 e. The molecule has 0 saturated heterocycles. The molecule has 4 heteroatoms. The molecule has 1 N–H and O–H groups in total. The first-order valence-corrected chi connectivity index (χ1v) is 11.3. The van der Waals surface area contributed by atoms with Crippen LogP contribution < -0.4 is 0 Å². The van der Waals surface area contributed by atoms with E-state index in [1.807, 2.05) is 32.9 Å². The molecule has 0 amide bonds. The monoisotopic (exact) mass is 413 g/mol. The molecule has 0 radical (unpaired) electrons. The number of benzene rings is 1. The van der Waals surface area contributed by atoms with Gasteiger partial charge in [-0.05, 0) is 60.4 Å². The first-order valence-electron chi connectivity index (χ1n) is 10.4. The van der Waals surface area contributed by atoms with E-state index in [0.717, 1.165) is 28.8 Å². The molecule has 1 unspecified atom stereocenters. The topological polar surface area (TPSA) is 49.7 Å². The second-order valence-corrected chi connectivity index (χ2v) is 10.2. The summed E-state index contributed by atoms with van der Waals surface area (Å²) in [6.45, 7) is 15.0. The van der Waals surface area contributed by atoms with Gasteiger partial charge in [-0.25, -0.2) is 0 Å². The Morgan fingerprint density at radius 2 is 1.76 bits per heavy atom. The summed E-state index contributed by atoms with van der Waals surface area (Å²) in [6.07, 6.45) is 5.42. The minimum atomic E-state index is -0.481. The Balaban J connectivity index is 2.44. The third kappa shape index (κ3) is 5.04. The number of aryl methyl sites for hydroxylation is 2. The van der Waals surface area contributed by atoms with E-state index in [0.29, 0.717) is 0 Å². The van der Waals surface area contributed by atoms with Crippen molar-refractivity contribution < 1.29 is 5.11 Å². The number of rotatable bonds is 8. The molecule has 0 aliphatic carbocycles. The molecule has 1 heterocycles. The van der Waals surface area contributed by atoms with Crippen molar-refractivity contribution in [3.05, 3.63) is 67.3 Å². The van der Waals surface area contributed by atoms with Gasteiger partial charge in [0, 0.05) is 15.2 Å². The first-order chi connectivity index (χ1) is 13.6. The van der Waals surface area contributed by atoms with Crippen molar-refractivity contribution >= 4 is 17.4 Å². The van der Waals surface area contributed by atoms with E-state index in [-0.39, 0.29) is 17.4 Å². The molecule has 1 atom stereocenters. The molecule has 29 heavy (non-hydrogen) atoms. The van der Waals surface area contributed by atoms with Gasteiger partial charge in [0.05, 0.1) is 6.10 Å². The van der Waals surface area contributed by atoms with Gasteiger partial charge >= 0.3 is 0 Å². The molecule has 1 aromatic carbocycles. The molecule has 0 aliphatic rings. The maximum absolute atomic E-state index is 10.8. The predicted molar refractivity (Wildman–Crippen MR) is 126 cm³/mol. The zero-order valence-electron chi connectivity index (χ0n) is 18.9. The second kappa shape index (κ2) is 9.36. The van der Waals surface area contributed by atoms with E-state index in [1.165, 1.54) is 16.0 Å². The Morgan fingerprint density at radius 3 is 2.28 bits per heavy atom. The highest BCUT2D eigenvalue weighted by atomic mass is 32.1. The lowest BCUT2D eigenvalue weighted by Crippen LogP contribution is -2.25. The summed E-state index contributed by atoms with van der Waals surface area (Å²) in [6, 6.07) is 8.89. The van der Waals surface area contributed by atoms with Gasteiger partial charge in [0.15, 0.2) is 0 Å². The van der Waals surface area contributed by atoms with E-state index in [2.05, 4.69) is 57.1 Å². The third-order valence-electron chi connectivity index (χ3n) is 6.08. The highest BCUT2D eigenvalue weighted by Gasteiger charge is 2.33. The van der Waals surface area contributed by atoms with Crippen LogP contribution in [0.2, 0.25) is 0 Å². The number of hydrogen-bond donors (Lipinski definition) is 1. The molecule has 0 fully saturated rings. The Bertz CT molecular complexity index is 869. The highest BCUT2D eigenvalue weighted by molar-refractivity contribution is 7.12. The fourth-order valence-corrected chi connectivity index (χ4v) is 5.20. The minimum Gasteiger partial charge on any atom is -0.388 e. The minimum absolute atomic E-state index is 0.0610. The quantitative estimate of drug-likeness (QED) is 0.467. The number of aliphatic hydroxyl groups is 1. The normalized spacial score (nSPS) is 13.8. The maximum atomic E-state index is 10.8. The van der Waals surface area contributed by atoms with Crippen LogP contribution in [-0.2, 0) is 12.0 Å². The lowest BCUT2D eigenvalue weighted by molar-refractivity contribution is 0.106. The molecule has 0 aliphatic heterocycles. The van der Waals surface area contributed by atoms with Gasteiger partial charge in [0.1, 0.15) is 6.54 Å².